The standard InChI is InChI=1S/C19H21BN3O/c1-12-6-9-16(22(5)11-12)23-19-17(13(2)10-20(23)4)15-8-7-14(3)21-18(15)24-19/h6-11H,1-5H3/q+1. The molecular formula is C19H21BN3O+. The summed E-state index contributed by atoms with van der Waals surface area (Å²) in [5.41, 5.74) is 5.31. The molecule has 1 aliphatic heterocycles. The van der Waals surface area contributed by atoms with E-state index >= 15 is 0 Å². The van der Waals surface area contributed by atoms with Gasteiger partial charge in [-0.25, -0.2) is 9.55 Å². The molecule has 0 saturated heterocycles. The van der Waals surface area contributed by atoms with Gasteiger partial charge in [-0.05, 0) is 56.9 Å². The predicted octanol–water partition coefficient (Wildman–Crippen LogP) is 3.98. The van der Waals surface area contributed by atoms with E-state index < -0.39 is 0 Å². The molecule has 4 rings (SSSR count). The first kappa shape index (κ1) is 15.0. The molecule has 0 radical (unpaired) electrons. The van der Waals surface area contributed by atoms with Crippen molar-refractivity contribution >= 4 is 35.2 Å². The summed E-state index contributed by atoms with van der Waals surface area (Å²) in [5.74, 6) is 4.28. The number of pyridine rings is 2. The second kappa shape index (κ2) is 5.23. The summed E-state index contributed by atoms with van der Waals surface area (Å²) in [7, 11) is 2.07. The lowest BCUT2D eigenvalue weighted by Crippen LogP contribution is -2.43. The van der Waals surface area contributed by atoms with Crippen molar-refractivity contribution in [2.45, 2.75) is 27.6 Å². The molecule has 24 heavy (non-hydrogen) atoms. The molecule has 0 amide bonds. The van der Waals surface area contributed by atoms with Crippen LogP contribution in [0.2, 0.25) is 6.82 Å². The van der Waals surface area contributed by atoms with Gasteiger partial charge in [0.1, 0.15) is 0 Å². The minimum Gasteiger partial charge on any atom is -0.404 e. The first-order valence-corrected chi connectivity index (χ1v) is 8.30. The van der Waals surface area contributed by atoms with E-state index in [9.17, 15) is 0 Å². The fourth-order valence-corrected chi connectivity index (χ4v) is 3.62. The molecule has 0 unspecified atom stereocenters. The largest absolute Gasteiger partial charge is 0.406 e. The first-order chi connectivity index (χ1) is 11.5. The van der Waals surface area contributed by atoms with Gasteiger partial charge >= 0.3 is 6.85 Å². The average molecular weight is 318 g/mol. The van der Waals surface area contributed by atoms with Crippen molar-refractivity contribution in [2.24, 2.45) is 7.05 Å². The predicted molar refractivity (Wildman–Crippen MR) is 98.5 cm³/mol. The zero-order valence-electron chi connectivity index (χ0n) is 14.8. The SMILES string of the molecule is CB1C=C(C)c2c(oc3nc(C)ccc23)N1c1ccc(C)c[n+]1C. The highest BCUT2D eigenvalue weighted by Gasteiger charge is 2.39. The number of nitrogens with zero attached hydrogens (tertiary/aromatic N) is 3. The van der Waals surface area contributed by atoms with Crippen molar-refractivity contribution in [2.75, 3.05) is 4.81 Å². The normalized spacial score (nSPS) is 14.1. The lowest BCUT2D eigenvalue weighted by atomic mass is 9.59. The molecular weight excluding hydrogens is 297 g/mol. The Morgan fingerprint density at radius 1 is 1.12 bits per heavy atom. The summed E-state index contributed by atoms with van der Waals surface area (Å²) in [6.45, 7) is 8.65. The Morgan fingerprint density at radius 3 is 2.67 bits per heavy atom. The van der Waals surface area contributed by atoms with Crippen molar-refractivity contribution in [1.29, 1.82) is 0 Å². The average Bonchev–Trinajstić information content (AvgIpc) is 2.87. The highest BCUT2D eigenvalue weighted by Crippen LogP contribution is 2.42. The zero-order chi connectivity index (χ0) is 17.0. The van der Waals surface area contributed by atoms with Gasteiger partial charge < -0.3 is 4.42 Å². The zero-order valence-corrected chi connectivity index (χ0v) is 14.8. The number of aromatic nitrogens is 2. The van der Waals surface area contributed by atoms with E-state index in [0.717, 1.165) is 28.3 Å². The van der Waals surface area contributed by atoms with Crippen LogP contribution < -0.4 is 9.38 Å². The quantitative estimate of drug-likeness (QED) is 0.502. The molecule has 3 aromatic rings. The second-order valence-corrected chi connectivity index (χ2v) is 6.72. The molecule has 5 heteroatoms. The van der Waals surface area contributed by atoms with Gasteiger partial charge in [0.25, 0.3) is 11.7 Å². The number of hydrogen-bond acceptors (Lipinski definition) is 3. The Bertz CT molecular complexity index is 990. The Morgan fingerprint density at radius 2 is 1.92 bits per heavy atom. The van der Waals surface area contributed by atoms with E-state index in [-0.39, 0.29) is 6.85 Å². The van der Waals surface area contributed by atoms with Crippen LogP contribution in [-0.2, 0) is 7.05 Å². The van der Waals surface area contributed by atoms with Crippen LogP contribution >= 0.6 is 0 Å². The highest BCUT2D eigenvalue weighted by atomic mass is 16.4. The Kier molecular flexibility index (Phi) is 3.27. The van der Waals surface area contributed by atoms with E-state index in [1.165, 1.54) is 11.1 Å². The van der Waals surface area contributed by atoms with Crippen LogP contribution in [0.25, 0.3) is 16.7 Å². The Balaban J connectivity index is 1.99. The van der Waals surface area contributed by atoms with Gasteiger partial charge in [0.15, 0.2) is 0 Å². The summed E-state index contributed by atoms with van der Waals surface area (Å²) in [4.78, 5) is 6.83. The molecule has 4 heterocycles. The molecule has 4 nitrogen and oxygen atoms in total. The number of aryl methyl sites for hydroxylation is 3. The van der Waals surface area contributed by atoms with Crippen molar-refractivity contribution in [1.82, 2.24) is 4.98 Å². The van der Waals surface area contributed by atoms with Crippen LogP contribution in [0.1, 0.15) is 23.7 Å². The summed E-state index contributed by atoms with van der Waals surface area (Å²) >= 11 is 0. The molecule has 3 aromatic heterocycles. The molecule has 0 aromatic carbocycles. The van der Waals surface area contributed by atoms with E-state index in [0.29, 0.717) is 5.71 Å². The van der Waals surface area contributed by atoms with Gasteiger partial charge in [0.2, 0.25) is 5.71 Å². The molecule has 0 aliphatic carbocycles. The number of hydrogen-bond donors (Lipinski definition) is 0. The van der Waals surface area contributed by atoms with Gasteiger partial charge in [-0.2, -0.15) is 0 Å². The minimum absolute atomic E-state index is 0.216. The molecule has 0 atom stereocenters. The molecule has 1 aliphatic rings. The van der Waals surface area contributed by atoms with E-state index in [1.54, 1.807) is 0 Å². The van der Waals surface area contributed by atoms with Crippen molar-refractivity contribution < 1.29 is 8.98 Å². The number of furan rings is 1. The fraction of sp³-hybridized carbons (Fsp3) is 0.263. The minimum atomic E-state index is 0.216. The summed E-state index contributed by atoms with van der Waals surface area (Å²) in [6, 6.07) is 8.44. The molecule has 0 fully saturated rings. The van der Waals surface area contributed by atoms with Crippen LogP contribution in [0.4, 0.5) is 11.7 Å². The lowest BCUT2D eigenvalue weighted by Gasteiger charge is -2.24. The molecule has 0 saturated carbocycles. The summed E-state index contributed by atoms with van der Waals surface area (Å²) in [5, 5.41) is 1.08. The van der Waals surface area contributed by atoms with Crippen LogP contribution in [0.5, 0.6) is 0 Å². The van der Waals surface area contributed by atoms with Crippen LogP contribution in [0.3, 0.4) is 0 Å². The second-order valence-electron chi connectivity index (χ2n) is 6.72. The van der Waals surface area contributed by atoms with Gasteiger partial charge in [0, 0.05) is 11.8 Å². The fourth-order valence-electron chi connectivity index (χ4n) is 3.62. The number of fused-ring (bicyclic) bond motifs is 3. The van der Waals surface area contributed by atoms with Crippen LogP contribution in [0.15, 0.2) is 40.9 Å². The third-order valence-corrected chi connectivity index (χ3v) is 4.69. The van der Waals surface area contributed by atoms with Crippen LogP contribution in [-0.4, -0.2) is 11.8 Å². The molecule has 0 spiro atoms. The third-order valence-electron chi connectivity index (χ3n) is 4.69. The number of rotatable bonds is 1. The Hall–Kier alpha value is -2.56. The first-order valence-electron chi connectivity index (χ1n) is 8.30. The van der Waals surface area contributed by atoms with E-state index in [4.69, 9.17) is 4.42 Å². The molecule has 120 valence electrons. The van der Waals surface area contributed by atoms with Gasteiger partial charge in [-0.3, -0.25) is 4.81 Å². The number of allylic oxidation sites excluding steroid dienone is 1. The van der Waals surface area contributed by atoms with E-state index in [1.807, 2.05) is 13.0 Å². The maximum Gasteiger partial charge on any atom is 0.406 e. The van der Waals surface area contributed by atoms with Gasteiger partial charge in [0.05, 0.1) is 24.2 Å². The lowest BCUT2D eigenvalue weighted by molar-refractivity contribution is -0.658. The highest BCUT2D eigenvalue weighted by molar-refractivity contribution is 6.70. The molecule has 0 bridgehead atoms. The van der Waals surface area contributed by atoms with Gasteiger partial charge in [-0.15, -0.1) is 0 Å². The number of anilines is 2. The van der Waals surface area contributed by atoms with Crippen LogP contribution in [0, 0.1) is 13.8 Å². The summed E-state index contributed by atoms with van der Waals surface area (Å²) < 4.78 is 8.37. The van der Waals surface area contributed by atoms with E-state index in [2.05, 4.69) is 72.5 Å². The van der Waals surface area contributed by atoms with Gasteiger partial charge in [-0.1, -0.05) is 5.98 Å². The molecule has 0 N–H and O–H groups in total. The van der Waals surface area contributed by atoms with Crippen molar-refractivity contribution in [3.63, 3.8) is 0 Å². The maximum atomic E-state index is 6.23. The monoisotopic (exact) mass is 318 g/mol. The summed E-state index contributed by atoms with van der Waals surface area (Å²) in [6.07, 6.45) is 2.14. The smallest absolute Gasteiger partial charge is 0.404 e. The third kappa shape index (κ3) is 2.15. The Labute approximate surface area is 142 Å². The topological polar surface area (TPSA) is 33.2 Å². The van der Waals surface area contributed by atoms with Crippen molar-refractivity contribution in [3.05, 3.63) is 53.3 Å². The maximum absolute atomic E-state index is 6.23. The van der Waals surface area contributed by atoms with Crippen molar-refractivity contribution in [3.8, 4) is 0 Å².